The van der Waals surface area contributed by atoms with Gasteiger partial charge in [-0.3, -0.25) is 14.4 Å². The molecule has 6 rings (SSSR count). The van der Waals surface area contributed by atoms with E-state index in [1.807, 2.05) is 62.3 Å². The zero-order valence-corrected chi connectivity index (χ0v) is 35.2. The first-order chi connectivity index (χ1) is 27.0. The number of anilines is 1. The lowest BCUT2D eigenvalue weighted by Gasteiger charge is -2.62. The molecule has 1 aliphatic heterocycles. The number of hydrogen-bond acceptors (Lipinski definition) is 10. The van der Waals surface area contributed by atoms with Crippen LogP contribution in [0, 0.1) is 29.1 Å². The number of para-hydroxylation sites is 1. The van der Waals surface area contributed by atoms with Crippen LogP contribution in [0.3, 0.4) is 0 Å². The van der Waals surface area contributed by atoms with Crippen molar-refractivity contribution in [2.45, 2.75) is 83.5 Å². The van der Waals surface area contributed by atoms with Gasteiger partial charge < -0.3 is 40.5 Å². The number of likely N-dealkylation sites (N-methyl/N-ethyl adjacent to an activating group) is 1. The highest BCUT2D eigenvalue weighted by molar-refractivity contribution is 5.97. The first kappa shape index (κ1) is 44.1. The summed E-state index contributed by atoms with van der Waals surface area (Å²) in [6.07, 6.45) is 4.17. The molecule has 12 nitrogen and oxygen atoms in total. The average molecular weight is 788 g/mol. The molecule has 4 fully saturated rings. The van der Waals surface area contributed by atoms with E-state index >= 15 is 0 Å². The number of nitrogens with zero attached hydrogens (tertiary/aromatic N) is 3. The zero-order chi connectivity index (χ0) is 41.9. The number of carbonyl (C=O) groups is 2. The van der Waals surface area contributed by atoms with Crippen LogP contribution in [0.4, 0.5) is 5.69 Å². The number of carbonyl (C=O) groups excluding carboxylic acids is 2. The molecule has 3 saturated carbocycles. The molecule has 0 aromatic heterocycles. The molecular formula is C45H65N5O7. The average Bonchev–Trinajstić information content (AvgIpc) is 3.55. The van der Waals surface area contributed by atoms with Crippen molar-refractivity contribution in [3.8, 4) is 16.9 Å². The monoisotopic (exact) mass is 787 g/mol. The second-order valence-corrected chi connectivity index (χ2v) is 17.3. The second-order valence-electron chi connectivity index (χ2n) is 17.3. The Morgan fingerprint density at radius 2 is 1.84 bits per heavy atom. The fraction of sp³-hybridized carbons (Fsp3) is 0.556. The van der Waals surface area contributed by atoms with Crippen molar-refractivity contribution in [3.05, 3.63) is 84.5 Å². The second kappa shape index (κ2) is 18.3. The molecule has 5 N–H and O–H groups in total. The minimum Gasteiger partial charge on any atom is -0.496 e. The summed E-state index contributed by atoms with van der Waals surface area (Å²) in [6, 6.07) is 9.75. The normalized spacial score (nSPS) is 27.2. The van der Waals surface area contributed by atoms with Crippen LogP contribution in [0.2, 0.25) is 0 Å². The lowest BCUT2D eigenvalue weighted by Crippen LogP contribution is -2.62. The van der Waals surface area contributed by atoms with Crippen LogP contribution >= 0.6 is 0 Å². The molecule has 10 atom stereocenters. The summed E-state index contributed by atoms with van der Waals surface area (Å²) in [5.74, 6) is 0.667. The quantitative estimate of drug-likeness (QED) is 0.146. The number of aliphatic hydroxyl groups excluding tert-OH is 3. The van der Waals surface area contributed by atoms with Crippen molar-refractivity contribution in [3.63, 3.8) is 0 Å². The van der Waals surface area contributed by atoms with E-state index in [1.165, 1.54) is 6.42 Å². The maximum Gasteiger partial charge on any atom is 0.251 e. The van der Waals surface area contributed by atoms with E-state index in [-0.39, 0.29) is 36.4 Å². The highest BCUT2D eigenvalue weighted by atomic mass is 16.7. The van der Waals surface area contributed by atoms with E-state index in [9.17, 15) is 24.9 Å². The molecule has 312 valence electrons. The van der Waals surface area contributed by atoms with Gasteiger partial charge in [0.2, 0.25) is 5.91 Å². The Bertz CT molecular complexity index is 1810. The van der Waals surface area contributed by atoms with E-state index in [2.05, 4.69) is 44.6 Å². The summed E-state index contributed by atoms with van der Waals surface area (Å²) in [5, 5.41) is 40.6. The largest absolute Gasteiger partial charge is 0.496 e. The number of aliphatic hydroxyl groups is 3. The minimum atomic E-state index is -1.03. The molecule has 0 radical (unpaired) electrons. The van der Waals surface area contributed by atoms with Gasteiger partial charge >= 0.3 is 0 Å². The van der Waals surface area contributed by atoms with Crippen molar-refractivity contribution in [1.29, 1.82) is 0 Å². The highest BCUT2D eigenvalue weighted by Crippen LogP contribution is 2.61. The number of ether oxygens (including phenoxy) is 1. The third kappa shape index (κ3) is 9.16. The van der Waals surface area contributed by atoms with E-state index in [4.69, 9.17) is 9.57 Å². The number of nitrogens with one attached hydrogen (secondary N) is 2. The van der Waals surface area contributed by atoms with Crippen molar-refractivity contribution in [2.24, 2.45) is 29.1 Å². The van der Waals surface area contributed by atoms with Crippen LogP contribution in [0.15, 0.2) is 73.4 Å². The van der Waals surface area contributed by atoms with Crippen molar-refractivity contribution < 1.29 is 34.5 Å². The molecule has 1 heterocycles. The molecule has 0 unspecified atom stereocenters. The first-order valence-corrected chi connectivity index (χ1v) is 20.1. The Morgan fingerprint density at radius 1 is 1.12 bits per heavy atom. The number of benzene rings is 2. The Balaban J connectivity index is 1.46. The Labute approximate surface area is 339 Å². The van der Waals surface area contributed by atoms with E-state index in [0.717, 1.165) is 12.1 Å². The highest BCUT2D eigenvalue weighted by Gasteiger charge is 2.57. The molecule has 2 aromatic carbocycles. The number of fused-ring (bicyclic) bond motifs is 2. The molecule has 0 spiro atoms. The summed E-state index contributed by atoms with van der Waals surface area (Å²) in [4.78, 5) is 38.4. The lowest BCUT2D eigenvalue weighted by molar-refractivity contribution is -0.183. The van der Waals surface area contributed by atoms with Crippen LogP contribution in [0.1, 0.15) is 56.5 Å². The van der Waals surface area contributed by atoms with Crippen LogP contribution in [0.25, 0.3) is 11.1 Å². The zero-order valence-electron chi connectivity index (χ0n) is 35.2. The number of hydroxylamine groups is 2. The standard InChI is InChI=1S/C45H65N5O7/c1-12-15-28(13-2)41(53)37(24-48(7)8)47-43(54)31-18-30(19-33(20-31)49(9)10)34-17-14-16-29(42(34)56-11)23-50-40(39(27(4)52)38(25-51)57-50)44(55)46-36-22-32-21-35(26(36)3)45(32,5)6/h12-20,26-27,32,35-41,51-53H,1-2,21-25H2,3-11H3,(H,46,55)(H,47,54)/t26-,27-,32+,35-,36-,37+,38-,39+,40-,41+/m0/s1. The summed E-state index contributed by atoms with van der Waals surface area (Å²) in [7, 11) is 9.11. The fourth-order valence-corrected chi connectivity index (χ4v) is 9.51. The maximum absolute atomic E-state index is 14.3. The Hall–Kier alpha value is -4.04. The smallest absolute Gasteiger partial charge is 0.251 e. The van der Waals surface area contributed by atoms with Crippen molar-refractivity contribution in [2.75, 3.05) is 53.4 Å². The molecule has 4 aliphatic rings. The molecule has 2 amide bonds. The number of methoxy groups -OCH3 is 1. The number of hydrogen-bond donors (Lipinski definition) is 5. The third-order valence-electron chi connectivity index (χ3n) is 12.8. The predicted octanol–water partition coefficient (Wildman–Crippen LogP) is 4.41. The Morgan fingerprint density at radius 3 is 2.40 bits per heavy atom. The predicted molar refractivity (Wildman–Crippen MR) is 225 cm³/mol. The van der Waals surface area contributed by atoms with Crippen LogP contribution in [-0.4, -0.2) is 122 Å². The molecule has 57 heavy (non-hydrogen) atoms. The van der Waals surface area contributed by atoms with Gasteiger partial charge in [0, 0.05) is 55.0 Å². The molecular weight excluding hydrogens is 723 g/mol. The van der Waals surface area contributed by atoms with Gasteiger partial charge in [-0.25, -0.2) is 0 Å². The van der Waals surface area contributed by atoms with Gasteiger partial charge in [0.05, 0.1) is 32.4 Å². The van der Waals surface area contributed by atoms with E-state index in [1.54, 1.807) is 49.5 Å². The van der Waals surface area contributed by atoms with Gasteiger partial charge in [0.1, 0.15) is 24.0 Å². The maximum atomic E-state index is 14.3. The van der Waals surface area contributed by atoms with Gasteiger partial charge in [-0.1, -0.05) is 70.4 Å². The minimum absolute atomic E-state index is 0.0151. The molecule has 3 aliphatic carbocycles. The lowest BCUT2D eigenvalue weighted by atomic mass is 9.45. The Kier molecular flexibility index (Phi) is 14.1. The van der Waals surface area contributed by atoms with Crippen molar-refractivity contribution in [1.82, 2.24) is 20.6 Å². The topological polar surface area (TPSA) is 147 Å². The van der Waals surface area contributed by atoms with Crippen LogP contribution in [-0.2, 0) is 16.2 Å². The van der Waals surface area contributed by atoms with Gasteiger partial charge in [-0.05, 0) is 86.4 Å². The van der Waals surface area contributed by atoms with Crippen molar-refractivity contribution >= 4 is 17.5 Å². The number of allylic oxidation sites excluding steroid dienone is 2. The van der Waals surface area contributed by atoms with E-state index in [0.29, 0.717) is 57.9 Å². The number of rotatable bonds is 17. The molecule has 12 heteroatoms. The van der Waals surface area contributed by atoms with Crippen LogP contribution < -0.4 is 20.3 Å². The number of amides is 2. The molecule has 1 saturated heterocycles. The van der Waals surface area contributed by atoms with Crippen LogP contribution in [0.5, 0.6) is 5.75 Å². The summed E-state index contributed by atoms with van der Waals surface area (Å²) in [6.45, 7) is 16.2. The SMILES string of the molecule is C=CC=C(C=C)[C@@H](O)[C@@H](CN(C)C)NC(=O)c1cc(-c2cccc(CN3O[C@@H](CO)[C@@H]([C@H](C)O)[C@H]3C(=O)N[C@H]3C[C@H]4C[C@@H]([C@@H]3C)C4(C)C)c2OC)cc(N(C)C)c1. The van der Waals surface area contributed by atoms with Gasteiger partial charge in [-0.2, -0.15) is 5.06 Å². The summed E-state index contributed by atoms with van der Waals surface area (Å²) < 4.78 is 6.08. The van der Waals surface area contributed by atoms with Gasteiger partial charge in [-0.15, -0.1) is 0 Å². The summed E-state index contributed by atoms with van der Waals surface area (Å²) in [5.41, 5.74) is 4.10. The molecule has 2 aromatic rings. The van der Waals surface area contributed by atoms with Gasteiger partial charge in [0.15, 0.2) is 0 Å². The van der Waals surface area contributed by atoms with E-state index < -0.39 is 36.3 Å². The molecule has 2 bridgehead atoms. The van der Waals surface area contributed by atoms with Gasteiger partial charge in [0.25, 0.3) is 5.91 Å². The third-order valence-corrected chi connectivity index (χ3v) is 12.8. The fourth-order valence-electron chi connectivity index (χ4n) is 9.51. The first-order valence-electron chi connectivity index (χ1n) is 20.1. The summed E-state index contributed by atoms with van der Waals surface area (Å²) >= 11 is 0.